The van der Waals surface area contributed by atoms with Crippen molar-refractivity contribution < 1.29 is 14.7 Å². The molecule has 0 saturated carbocycles. The van der Waals surface area contributed by atoms with Gasteiger partial charge in [-0.15, -0.1) is 0 Å². The van der Waals surface area contributed by atoms with E-state index in [2.05, 4.69) is 31.2 Å². The molecule has 2 N–H and O–H groups in total. The van der Waals surface area contributed by atoms with Crippen LogP contribution in [0, 0.1) is 5.41 Å². The van der Waals surface area contributed by atoms with E-state index < -0.39 is 12.0 Å². The van der Waals surface area contributed by atoms with Crippen molar-refractivity contribution >= 4 is 11.9 Å². The van der Waals surface area contributed by atoms with Gasteiger partial charge < -0.3 is 10.4 Å². The van der Waals surface area contributed by atoms with Gasteiger partial charge in [-0.25, -0.2) is 9.48 Å². The molecule has 1 heterocycles. The summed E-state index contributed by atoms with van der Waals surface area (Å²) in [6.45, 7) is 6.15. The van der Waals surface area contributed by atoms with Gasteiger partial charge in [0.15, 0.2) is 0 Å². The van der Waals surface area contributed by atoms with Crippen LogP contribution in [0.4, 0.5) is 0 Å². The molecule has 0 fully saturated rings. The average molecular weight is 343 g/mol. The second kappa shape index (κ2) is 7.96. The van der Waals surface area contributed by atoms with Crippen LogP contribution in [0.25, 0.3) is 5.69 Å². The Morgan fingerprint density at radius 2 is 1.92 bits per heavy atom. The Hall–Kier alpha value is -2.63. The fraction of sp³-hybridized carbons (Fsp3) is 0.421. The maximum atomic E-state index is 12.2. The summed E-state index contributed by atoms with van der Waals surface area (Å²) in [4.78, 5) is 23.5. The number of hydrogen-bond acceptors (Lipinski definition) is 3. The van der Waals surface area contributed by atoms with E-state index in [1.807, 2.05) is 36.5 Å². The van der Waals surface area contributed by atoms with E-state index in [9.17, 15) is 14.7 Å². The molecule has 6 nitrogen and oxygen atoms in total. The Morgan fingerprint density at radius 3 is 2.44 bits per heavy atom. The summed E-state index contributed by atoms with van der Waals surface area (Å²) in [6.07, 6.45) is 4.84. The average Bonchev–Trinajstić information content (AvgIpc) is 3.05. The zero-order chi connectivity index (χ0) is 18.4. The van der Waals surface area contributed by atoms with Crippen molar-refractivity contribution in [1.29, 1.82) is 0 Å². The fourth-order valence-electron chi connectivity index (χ4n) is 2.45. The van der Waals surface area contributed by atoms with Gasteiger partial charge in [-0.2, -0.15) is 5.10 Å². The molecule has 1 atom stereocenters. The number of carboxylic acids is 1. The third-order valence-electron chi connectivity index (χ3n) is 3.89. The molecular weight excluding hydrogens is 318 g/mol. The highest BCUT2D eigenvalue weighted by Crippen LogP contribution is 2.21. The summed E-state index contributed by atoms with van der Waals surface area (Å²) in [5.41, 5.74) is 1.76. The number of benzene rings is 1. The Labute approximate surface area is 147 Å². The fourth-order valence-corrected chi connectivity index (χ4v) is 2.45. The van der Waals surface area contributed by atoms with E-state index in [0.29, 0.717) is 6.42 Å². The molecule has 25 heavy (non-hydrogen) atoms. The van der Waals surface area contributed by atoms with Gasteiger partial charge >= 0.3 is 5.97 Å². The topological polar surface area (TPSA) is 84.2 Å². The van der Waals surface area contributed by atoms with E-state index in [0.717, 1.165) is 17.7 Å². The second-order valence-corrected chi connectivity index (χ2v) is 7.35. The minimum Gasteiger partial charge on any atom is -0.480 e. The third kappa shape index (κ3) is 6.06. The molecule has 0 aliphatic carbocycles. The molecule has 6 heteroatoms. The molecule has 0 aliphatic rings. The lowest BCUT2D eigenvalue weighted by molar-refractivity contribution is -0.142. The molecule has 2 rings (SSSR count). The SMILES string of the molecule is CC(C)(C)CCC(NC(=O)Cc1ccc(-n2cccn2)cc1)C(=O)O. The van der Waals surface area contributed by atoms with Crippen molar-refractivity contribution in [3.05, 3.63) is 48.3 Å². The number of nitrogens with zero attached hydrogens (tertiary/aromatic N) is 2. The molecule has 1 amide bonds. The van der Waals surface area contributed by atoms with Crippen molar-refractivity contribution in [3.63, 3.8) is 0 Å². The van der Waals surface area contributed by atoms with Gasteiger partial charge in [0.1, 0.15) is 6.04 Å². The highest BCUT2D eigenvalue weighted by atomic mass is 16.4. The molecule has 0 radical (unpaired) electrons. The summed E-state index contributed by atoms with van der Waals surface area (Å²) in [5, 5.41) is 16.1. The quantitative estimate of drug-likeness (QED) is 0.810. The lowest BCUT2D eigenvalue weighted by Gasteiger charge is -2.21. The summed E-state index contributed by atoms with van der Waals surface area (Å²) in [7, 11) is 0. The molecule has 0 spiro atoms. The number of carbonyl (C=O) groups is 2. The number of aromatic nitrogens is 2. The maximum Gasteiger partial charge on any atom is 0.326 e. The van der Waals surface area contributed by atoms with Crippen molar-refractivity contribution in [2.24, 2.45) is 5.41 Å². The van der Waals surface area contributed by atoms with Crippen LogP contribution in [0.15, 0.2) is 42.7 Å². The highest BCUT2D eigenvalue weighted by molar-refractivity contribution is 5.84. The molecular formula is C19H25N3O3. The van der Waals surface area contributed by atoms with Crippen molar-refractivity contribution in [2.75, 3.05) is 0 Å². The van der Waals surface area contributed by atoms with Gasteiger partial charge in [0, 0.05) is 12.4 Å². The Balaban J connectivity index is 1.92. The number of aliphatic carboxylic acids is 1. The lowest BCUT2D eigenvalue weighted by atomic mass is 9.88. The van der Waals surface area contributed by atoms with Gasteiger partial charge in [0.25, 0.3) is 0 Å². The first kappa shape index (κ1) is 18.7. The molecule has 0 bridgehead atoms. The zero-order valence-electron chi connectivity index (χ0n) is 14.9. The minimum atomic E-state index is -0.994. The molecule has 1 unspecified atom stereocenters. The smallest absolute Gasteiger partial charge is 0.326 e. The van der Waals surface area contributed by atoms with Gasteiger partial charge in [-0.05, 0) is 42.0 Å². The first-order chi connectivity index (χ1) is 11.7. The van der Waals surface area contributed by atoms with Gasteiger partial charge in [0.2, 0.25) is 5.91 Å². The number of nitrogens with one attached hydrogen (secondary N) is 1. The summed E-state index contributed by atoms with van der Waals surface area (Å²) >= 11 is 0. The number of amides is 1. The monoisotopic (exact) mass is 343 g/mol. The largest absolute Gasteiger partial charge is 0.480 e. The standard InChI is InChI=1S/C19H25N3O3/c1-19(2,3)10-9-16(18(24)25)21-17(23)13-14-5-7-15(8-6-14)22-12-4-11-20-22/h4-8,11-12,16H,9-10,13H2,1-3H3,(H,21,23)(H,24,25). The number of hydrogen-bond donors (Lipinski definition) is 2. The van der Waals surface area contributed by atoms with Crippen LogP contribution >= 0.6 is 0 Å². The van der Waals surface area contributed by atoms with E-state index in [4.69, 9.17) is 0 Å². The predicted octanol–water partition coefficient (Wildman–Crippen LogP) is 2.81. The van der Waals surface area contributed by atoms with Crippen LogP contribution in [0.1, 0.15) is 39.2 Å². The highest BCUT2D eigenvalue weighted by Gasteiger charge is 2.22. The van der Waals surface area contributed by atoms with Crippen molar-refractivity contribution in [1.82, 2.24) is 15.1 Å². The number of carboxylic acid groups (broad SMARTS) is 1. The molecule has 0 saturated heterocycles. The van der Waals surface area contributed by atoms with E-state index >= 15 is 0 Å². The van der Waals surface area contributed by atoms with Crippen molar-refractivity contribution in [2.45, 2.75) is 46.1 Å². The van der Waals surface area contributed by atoms with Crippen molar-refractivity contribution in [3.8, 4) is 5.69 Å². The zero-order valence-corrected chi connectivity index (χ0v) is 14.9. The van der Waals surface area contributed by atoms with Gasteiger partial charge in [0.05, 0.1) is 12.1 Å². The summed E-state index contributed by atoms with van der Waals surface area (Å²) < 4.78 is 1.73. The minimum absolute atomic E-state index is 0.0285. The molecule has 2 aromatic rings. The van der Waals surface area contributed by atoms with E-state index in [1.165, 1.54) is 0 Å². The van der Waals surface area contributed by atoms with Crippen LogP contribution in [0.3, 0.4) is 0 Å². The first-order valence-electron chi connectivity index (χ1n) is 8.36. The summed E-state index contributed by atoms with van der Waals surface area (Å²) in [6, 6.07) is 8.44. The molecule has 1 aromatic heterocycles. The molecule has 0 aliphatic heterocycles. The Morgan fingerprint density at radius 1 is 1.24 bits per heavy atom. The Bertz CT molecular complexity index is 701. The van der Waals surface area contributed by atoms with Gasteiger partial charge in [-0.1, -0.05) is 32.9 Å². The predicted molar refractivity (Wildman–Crippen MR) is 95.5 cm³/mol. The Kier molecular flexibility index (Phi) is 5.96. The maximum absolute atomic E-state index is 12.2. The van der Waals surface area contributed by atoms with Crippen LogP contribution in [-0.4, -0.2) is 32.8 Å². The van der Waals surface area contributed by atoms with Crippen LogP contribution in [-0.2, 0) is 16.0 Å². The molecule has 134 valence electrons. The molecule has 1 aromatic carbocycles. The van der Waals surface area contributed by atoms with Gasteiger partial charge in [-0.3, -0.25) is 4.79 Å². The number of rotatable bonds is 7. The van der Waals surface area contributed by atoms with Crippen LogP contribution in [0.5, 0.6) is 0 Å². The second-order valence-electron chi connectivity index (χ2n) is 7.35. The third-order valence-corrected chi connectivity index (χ3v) is 3.89. The first-order valence-corrected chi connectivity index (χ1v) is 8.36. The normalized spacial score (nSPS) is 12.6. The van der Waals surface area contributed by atoms with Crippen LogP contribution in [0.2, 0.25) is 0 Å². The van der Waals surface area contributed by atoms with E-state index in [-0.39, 0.29) is 17.7 Å². The number of carbonyl (C=O) groups excluding carboxylic acids is 1. The van der Waals surface area contributed by atoms with E-state index in [1.54, 1.807) is 10.9 Å². The van der Waals surface area contributed by atoms with Crippen LogP contribution < -0.4 is 5.32 Å². The lowest BCUT2D eigenvalue weighted by Crippen LogP contribution is -2.42. The summed E-state index contributed by atoms with van der Waals surface area (Å²) in [5.74, 6) is -1.28.